The monoisotopic (exact) mass is 581 g/mol. The summed E-state index contributed by atoms with van der Waals surface area (Å²) in [7, 11) is 1.61. The third kappa shape index (κ3) is 5.51. The highest BCUT2D eigenvalue weighted by atomic mass is 32.1. The van der Waals surface area contributed by atoms with Gasteiger partial charge in [-0.25, -0.2) is 0 Å². The van der Waals surface area contributed by atoms with Gasteiger partial charge in [-0.1, -0.05) is 45.9 Å². The van der Waals surface area contributed by atoms with Crippen molar-refractivity contribution in [3.8, 4) is 11.4 Å². The standard InChI is InChI=1S/C34H39N5O2S/c1-8-23-12-14-24(15-13-23)38-21(2)19-26(22(38)3)31-30(28-11-9-10-18-35-28)37-33(42)39(31)25-16-17-27(29(20-25)41-7)36-32(40)34(4,5)6/h9-20,30-31H,8H2,1-7H3,(H,36,40)(H,37,42). The molecule has 0 radical (unpaired) electrons. The predicted molar refractivity (Wildman–Crippen MR) is 174 cm³/mol. The summed E-state index contributed by atoms with van der Waals surface area (Å²) in [6.07, 6.45) is 2.82. The molecule has 1 saturated heterocycles. The highest BCUT2D eigenvalue weighted by Crippen LogP contribution is 2.45. The number of thiocarbonyl (C=S) groups is 1. The van der Waals surface area contributed by atoms with Crippen LogP contribution in [0, 0.1) is 19.3 Å². The third-order valence-corrected chi connectivity index (χ3v) is 8.20. The van der Waals surface area contributed by atoms with E-state index >= 15 is 0 Å². The van der Waals surface area contributed by atoms with E-state index in [9.17, 15) is 4.79 Å². The first kappa shape index (κ1) is 29.3. The largest absolute Gasteiger partial charge is 0.494 e. The van der Waals surface area contributed by atoms with Crippen LogP contribution in [0.15, 0.2) is 72.9 Å². The number of carbonyl (C=O) groups excluding carboxylic acids is 1. The molecule has 2 aromatic carbocycles. The molecule has 1 aliphatic heterocycles. The van der Waals surface area contributed by atoms with E-state index in [-0.39, 0.29) is 18.0 Å². The van der Waals surface area contributed by atoms with Gasteiger partial charge in [-0.3, -0.25) is 9.78 Å². The number of hydrogen-bond donors (Lipinski definition) is 2. The first-order valence-corrected chi connectivity index (χ1v) is 14.7. The molecule has 0 spiro atoms. The average Bonchev–Trinajstić information content (AvgIpc) is 3.47. The number of aromatic nitrogens is 2. The summed E-state index contributed by atoms with van der Waals surface area (Å²) in [5.74, 6) is 0.480. The van der Waals surface area contributed by atoms with Crippen molar-refractivity contribution in [2.45, 2.75) is 60.0 Å². The van der Waals surface area contributed by atoms with Gasteiger partial charge in [0.05, 0.1) is 30.6 Å². The SMILES string of the molecule is CCc1ccc(-n2c(C)cc(C3C(c4ccccn4)NC(=S)N3c3ccc(NC(=O)C(C)(C)C)c(OC)c3)c2C)cc1. The van der Waals surface area contributed by atoms with Gasteiger partial charge in [-0.05, 0) is 86.1 Å². The molecule has 7 nitrogen and oxygen atoms in total. The molecule has 3 heterocycles. The Morgan fingerprint density at radius 1 is 1.05 bits per heavy atom. The molecule has 2 N–H and O–H groups in total. The molecule has 1 amide bonds. The van der Waals surface area contributed by atoms with Gasteiger partial charge in [0, 0.05) is 40.4 Å². The summed E-state index contributed by atoms with van der Waals surface area (Å²) >= 11 is 5.98. The van der Waals surface area contributed by atoms with Crippen molar-refractivity contribution in [2.24, 2.45) is 5.41 Å². The lowest BCUT2D eigenvalue weighted by molar-refractivity contribution is -0.123. The van der Waals surface area contributed by atoms with Crippen LogP contribution < -0.4 is 20.3 Å². The number of anilines is 2. The Labute approximate surface area is 253 Å². The minimum atomic E-state index is -0.537. The van der Waals surface area contributed by atoms with Crippen molar-refractivity contribution < 1.29 is 9.53 Å². The summed E-state index contributed by atoms with van der Waals surface area (Å²) in [6.45, 7) is 12.1. The van der Waals surface area contributed by atoms with Crippen molar-refractivity contribution >= 4 is 34.6 Å². The van der Waals surface area contributed by atoms with E-state index in [0.29, 0.717) is 16.5 Å². The van der Waals surface area contributed by atoms with E-state index in [1.807, 2.05) is 63.4 Å². The molecule has 42 heavy (non-hydrogen) atoms. The fourth-order valence-electron chi connectivity index (χ4n) is 5.56. The van der Waals surface area contributed by atoms with Crippen LogP contribution in [0.1, 0.15) is 68.0 Å². The first-order chi connectivity index (χ1) is 20.0. The highest BCUT2D eigenvalue weighted by molar-refractivity contribution is 7.80. The second-order valence-corrected chi connectivity index (χ2v) is 12.2. The lowest BCUT2D eigenvalue weighted by Gasteiger charge is -2.29. The molecule has 0 aliphatic carbocycles. The maximum absolute atomic E-state index is 12.7. The van der Waals surface area contributed by atoms with Crippen LogP contribution in [0.3, 0.4) is 0 Å². The normalized spacial score (nSPS) is 16.8. The number of carbonyl (C=O) groups is 1. The van der Waals surface area contributed by atoms with E-state index < -0.39 is 5.41 Å². The Hall–Kier alpha value is -4.17. The smallest absolute Gasteiger partial charge is 0.229 e. The van der Waals surface area contributed by atoms with E-state index in [4.69, 9.17) is 21.9 Å². The molecule has 1 fully saturated rings. The molecule has 218 valence electrons. The number of aryl methyl sites for hydroxylation is 2. The van der Waals surface area contributed by atoms with E-state index in [0.717, 1.165) is 40.4 Å². The van der Waals surface area contributed by atoms with Crippen LogP contribution in [-0.2, 0) is 11.2 Å². The van der Waals surface area contributed by atoms with Crippen molar-refractivity contribution in [2.75, 3.05) is 17.3 Å². The fourth-order valence-corrected chi connectivity index (χ4v) is 5.90. The quantitative estimate of drug-likeness (QED) is 0.225. The molecule has 4 aromatic rings. The van der Waals surface area contributed by atoms with Gasteiger partial charge in [0.25, 0.3) is 0 Å². The van der Waals surface area contributed by atoms with Crippen LogP contribution in [0.25, 0.3) is 5.69 Å². The zero-order chi connectivity index (χ0) is 30.2. The fraction of sp³-hybridized carbons (Fsp3) is 0.324. The molecule has 2 aromatic heterocycles. The minimum absolute atomic E-state index is 0.0839. The number of ether oxygens (including phenoxy) is 1. The molecule has 5 rings (SSSR count). The molecule has 1 aliphatic rings. The summed E-state index contributed by atoms with van der Waals surface area (Å²) in [5, 5.41) is 7.17. The van der Waals surface area contributed by atoms with Crippen LogP contribution in [0.5, 0.6) is 5.75 Å². The molecular weight excluding hydrogens is 542 g/mol. The molecule has 2 atom stereocenters. The summed E-state index contributed by atoms with van der Waals surface area (Å²) in [4.78, 5) is 19.6. The van der Waals surface area contributed by atoms with E-state index in [1.54, 1.807) is 7.11 Å². The van der Waals surface area contributed by atoms with Gasteiger partial charge in [0.15, 0.2) is 5.11 Å². The molecule has 0 saturated carbocycles. The van der Waals surface area contributed by atoms with Gasteiger partial charge in [0.2, 0.25) is 5.91 Å². The van der Waals surface area contributed by atoms with Crippen molar-refractivity contribution in [3.05, 3.63) is 101 Å². The molecule has 8 heteroatoms. The Morgan fingerprint density at radius 3 is 2.38 bits per heavy atom. The van der Waals surface area contributed by atoms with Crippen LogP contribution >= 0.6 is 12.2 Å². The summed E-state index contributed by atoms with van der Waals surface area (Å²) in [5.41, 5.74) is 7.72. The zero-order valence-electron chi connectivity index (χ0n) is 25.4. The predicted octanol–water partition coefficient (Wildman–Crippen LogP) is 7.22. The number of amides is 1. The molecular formula is C34H39N5O2S. The van der Waals surface area contributed by atoms with Crippen LogP contribution in [0.4, 0.5) is 11.4 Å². The first-order valence-electron chi connectivity index (χ1n) is 14.3. The van der Waals surface area contributed by atoms with Crippen LogP contribution in [-0.4, -0.2) is 27.7 Å². The van der Waals surface area contributed by atoms with E-state index in [1.165, 1.54) is 5.56 Å². The number of rotatable bonds is 7. The maximum Gasteiger partial charge on any atom is 0.229 e. The van der Waals surface area contributed by atoms with Gasteiger partial charge >= 0.3 is 0 Å². The zero-order valence-corrected chi connectivity index (χ0v) is 26.2. The van der Waals surface area contributed by atoms with Crippen LogP contribution in [0.2, 0.25) is 0 Å². The summed E-state index contributed by atoms with van der Waals surface area (Å²) < 4.78 is 8.05. The minimum Gasteiger partial charge on any atom is -0.494 e. The topological polar surface area (TPSA) is 71.4 Å². The van der Waals surface area contributed by atoms with Crippen molar-refractivity contribution in [1.29, 1.82) is 0 Å². The van der Waals surface area contributed by atoms with Gasteiger partial charge < -0.3 is 24.8 Å². The summed E-state index contributed by atoms with van der Waals surface area (Å²) in [6, 6.07) is 22.4. The second-order valence-electron chi connectivity index (χ2n) is 11.8. The highest BCUT2D eigenvalue weighted by Gasteiger charge is 2.42. The maximum atomic E-state index is 12.7. The van der Waals surface area contributed by atoms with Gasteiger partial charge in [-0.15, -0.1) is 0 Å². The number of methoxy groups -OCH3 is 1. The molecule has 0 bridgehead atoms. The number of nitrogens with one attached hydrogen (secondary N) is 2. The van der Waals surface area contributed by atoms with E-state index in [2.05, 4.69) is 71.2 Å². The molecule has 2 unspecified atom stereocenters. The van der Waals surface area contributed by atoms with Gasteiger partial charge in [-0.2, -0.15) is 0 Å². The Morgan fingerprint density at radius 2 is 1.76 bits per heavy atom. The number of pyridine rings is 1. The lowest BCUT2D eigenvalue weighted by atomic mass is 9.95. The average molecular weight is 582 g/mol. The lowest BCUT2D eigenvalue weighted by Crippen LogP contribution is -2.30. The number of nitrogens with zero attached hydrogens (tertiary/aromatic N) is 3. The Bertz CT molecular complexity index is 1610. The van der Waals surface area contributed by atoms with Crippen molar-refractivity contribution in [1.82, 2.24) is 14.9 Å². The third-order valence-electron chi connectivity index (χ3n) is 7.88. The number of hydrogen-bond acceptors (Lipinski definition) is 4. The Kier molecular flexibility index (Phi) is 8.10. The second kappa shape index (κ2) is 11.6. The Balaban J connectivity index is 1.61. The number of benzene rings is 2. The van der Waals surface area contributed by atoms with Crippen molar-refractivity contribution in [3.63, 3.8) is 0 Å². The van der Waals surface area contributed by atoms with Gasteiger partial charge in [0.1, 0.15) is 5.75 Å².